The van der Waals surface area contributed by atoms with Gasteiger partial charge < -0.3 is 15.2 Å². The van der Waals surface area contributed by atoms with Gasteiger partial charge in [0.05, 0.1) is 0 Å². The maximum atomic E-state index is 11.4. The molecule has 0 unspecified atom stereocenters. The molecule has 0 aliphatic heterocycles. The molecule has 1 amide bonds. The van der Waals surface area contributed by atoms with Gasteiger partial charge in [0, 0.05) is 24.3 Å². The zero-order chi connectivity index (χ0) is 18.2. The molecule has 0 spiro atoms. The first-order valence-electron chi connectivity index (χ1n) is 7.41. The highest BCUT2D eigenvalue weighted by atomic mass is 32.2. The van der Waals surface area contributed by atoms with E-state index in [9.17, 15) is 18.3 Å². The average molecular weight is 353 g/mol. The molecule has 6 nitrogen and oxygen atoms in total. The number of sulfone groups is 1. The predicted molar refractivity (Wildman–Crippen MR) is 93.7 cm³/mol. The predicted octanol–water partition coefficient (Wildman–Crippen LogP) is 1.95. The molecule has 1 aromatic rings. The molecule has 0 aromatic heterocycles. The van der Waals surface area contributed by atoms with Gasteiger partial charge in [0.1, 0.15) is 6.61 Å². The number of allylic oxidation sites excluding steroid dienone is 1. The number of hydrogen-bond acceptors (Lipinski definition) is 5. The van der Waals surface area contributed by atoms with Crippen molar-refractivity contribution in [1.29, 1.82) is 0 Å². The first kappa shape index (κ1) is 19.8. The van der Waals surface area contributed by atoms with Gasteiger partial charge in [0.25, 0.3) is 0 Å². The van der Waals surface area contributed by atoms with E-state index < -0.39 is 15.7 Å². The van der Waals surface area contributed by atoms with Crippen molar-refractivity contribution >= 4 is 15.7 Å². The number of carbonyl (C=O) groups excluding carboxylic acids is 1. The highest BCUT2D eigenvalue weighted by Gasteiger charge is 2.04. The molecule has 1 aromatic carbocycles. The van der Waals surface area contributed by atoms with Crippen LogP contribution in [0.1, 0.15) is 19.4 Å². The molecule has 1 rings (SSSR count). The van der Waals surface area contributed by atoms with E-state index in [0.717, 1.165) is 28.9 Å². The van der Waals surface area contributed by atoms with Gasteiger partial charge in [-0.05, 0) is 44.0 Å². The number of phenolic OH excluding ortho intramolecular Hbond substituents is 1. The highest BCUT2D eigenvalue weighted by molar-refractivity contribution is 7.93. The van der Waals surface area contributed by atoms with Crippen LogP contribution >= 0.6 is 0 Å². The van der Waals surface area contributed by atoms with E-state index in [1.54, 1.807) is 18.2 Å². The van der Waals surface area contributed by atoms with Crippen LogP contribution in [0.5, 0.6) is 11.5 Å². The molecule has 0 heterocycles. The third-order valence-corrected chi connectivity index (χ3v) is 3.56. The van der Waals surface area contributed by atoms with Crippen molar-refractivity contribution in [2.75, 3.05) is 19.4 Å². The molecule has 0 atom stereocenters. The Labute approximate surface area is 142 Å². The molecule has 0 radical (unpaired) electrons. The number of hydrogen-bond donors (Lipinski definition) is 2. The lowest BCUT2D eigenvalue weighted by molar-refractivity contribution is -0.116. The summed E-state index contributed by atoms with van der Waals surface area (Å²) in [6, 6.07) is 5.06. The van der Waals surface area contributed by atoms with Gasteiger partial charge in [-0.2, -0.15) is 0 Å². The van der Waals surface area contributed by atoms with Gasteiger partial charge in [0.2, 0.25) is 5.91 Å². The van der Waals surface area contributed by atoms with E-state index in [1.807, 2.05) is 19.9 Å². The van der Waals surface area contributed by atoms with Crippen LogP contribution in [0, 0.1) is 0 Å². The Bertz CT molecular complexity index is 731. The Balaban J connectivity index is 2.49. The molecule has 2 N–H and O–H groups in total. The van der Waals surface area contributed by atoms with Crippen LogP contribution in [-0.2, 0) is 21.1 Å². The van der Waals surface area contributed by atoms with E-state index in [2.05, 4.69) is 5.32 Å². The van der Waals surface area contributed by atoms with Crippen molar-refractivity contribution in [1.82, 2.24) is 5.32 Å². The minimum Gasteiger partial charge on any atom is -0.504 e. The summed E-state index contributed by atoms with van der Waals surface area (Å²) < 4.78 is 27.3. The van der Waals surface area contributed by atoms with Crippen LogP contribution in [0.4, 0.5) is 0 Å². The Kier molecular flexibility index (Phi) is 7.51. The number of carbonyl (C=O) groups is 1. The number of nitrogens with one attached hydrogen (secondary N) is 1. The summed E-state index contributed by atoms with van der Waals surface area (Å²) in [5, 5.41) is 13.4. The van der Waals surface area contributed by atoms with Crippen molar-refractivity contribution in [2.24, 2.45) is 0 Å². The summed E-state index contributed by atoms with van der Waals surface area (Å²) >= 11 is 0. The van der Waals surface area contributed by atoms with Crippen LogP contribution in [0.2, 0.25) is 0 Å². The minimum atomic E-state index is -3.31. The van der Waals surface area contributed by atoms with Gasteiger partial charge in [-0.15, -0.1) is 0 Å². The molecule has 0 aliphatic rings. The second-order valence-corrected chi connectivity index (χ2v) is 7.50. The second kappa shape index (κ2) is 9.12. The molecule has 0 saturated carbocycles. The third-order valence-electron chi connectivity index (χ3n) is 2.93. The number of ether oxygens (including phenoxy) is 1. The Hall–Kier alpha value is -2.28. The van der Waals surface area contributed by atoms with E-state index >= 15 is 0 Å². The fourth-order valence-corrected chi connectivity index (χ4v) is 2.08. The third kappa shape index (κ3) is 8.38. The SMILES string of the molecule is CC(C)=CCOc1ccc(CCNC(=O)/C=C/S(C)(=O)=O)cc1O. The molecule has 0 saturated heterocycles. The quantitative estimate of drug-likeness (QED) is 0.550. The van der Waals surface area contributed by atoms with Crippen molar-refractivity contribution in [3.63, 3.8) is 0 Å². The molecule has 0 bridgehead atoms. The van der Waals surface area contributed by atoms with Gasteiger partial charge in [-0.25, -0.2) is 8.42 Å². The lowest BCUT2D eigenvalue weighted by atomic mass is 10.1. The van der Waals surface area contributed by atoms with E-state index in [0.29, 0.717) is 25.3 Å². The topological polar surface area (TPSA) is 92.7 Å². The van der Waals surface area contributed by atoms with Crippen molar-refractivity contribution < 1.29 is 23.1 Å². The summed E-state index contributed by atoms with van der Waals surface area (Å²) in [5.41, 5.74) is 1.96. The molecule has 132 valence electrons. The molecular weight excluding hydrogens is 330 g/mol. The molecular formula is C17H23NO5S. The zero-order valence-corrected chi connectivity index (χ0v) is 14.9. The number of benzene rings is 1. The van der Waals surface area contributed by atoms with Crippen molar-refractivity contribution in [3.05, 3.63) is 46.9 Å². The minimum absolute atomic E-state index is 0.0398. The largest absolute Gasteiger partial charge is 0.504 e. The summed E-state index contributed by atoms with van der Waals surface area (Å²) in [6.07, 6.45) is 4.40. The molecule has 7 heteroatoms. The fourth-order valence-electron chi connectivity index (χ4n) is 1.71. The standard InChI is InChI=1S/C17H23NO5S/c1-13(2)7-10-23-16-5-4-14(12-15(16)19)6-9-18-17(20)8-11-24(3,21)22/h4-5,7-8,11-12,19H,6,9-10H2,1-3H3,(H,18,20)/b11-8+. The maximum absolute atomic E-state index is 11.4. The fraction of sp³-hybridized carbons (Fsp3) is 0.353. The molecule has 24 heavy (non-hydrogen) atoms. The Morgan fingerprint density at radius 1 is 1.33 bits per heavy atom. The highest BCUT2D eigenvalue weighted by Crippen LogP contribution is 2.26. The zero-order valence-electron chi connectivity index (χ0n) is 14.1. The normalized spacial score (nSPS) is 11.3. The van der Waals surface area contributed by atoms with Crippen molar-refractivity contribution in [3.8, 4) is 11.5 Å². The van der Waals surface area contributed by atoms with Gasteiger partial charge >= 0.3 is 0 Å². The van der Waals surface area contributed by atoms with Gasteiger partial charge in [-0.1, -0.05) is 11.6 Å². The molecule has 0 aliphatic carbocycles. The number of amides is 1. The molecule has 0 fully saturated rings. The van der Waals surface area contributed by atoms with E-state index in [4.69, 9.17) is 4.74 Å². The lowest BCUT2D eigenvalue weighted by Crippen LogP contribution is -2.23. The average Bonchev–Trinajstić information content (AvgIpc) is 2.46. The van der Waals surface area contributed by atoms with E-state index in [1.165, 1.54) is 0 Å². The van der Waals surface area contributed by atoms with Crippen LogP contribution in [0.25, 0.3) is 0 Å². The van der Waals surface area contributed by atoms with Crippen LogP contribution in [0.15, 0.2) is 41.3 Å². The van der Waals surface area contributed by atoms with Crippen LogP contribution in [0.3, 0.4) is 0 Å². The first-order valence-corrected chi connectivity index (χ1v) is 9.37. The summed E-state index contributed by atoms with van der Waals surface area (Å²) in [5.74, 6) is -0.0411. The van der Waals surface area contributed by atoms with Crippen LogP contribution < -0.4 is 10.1 Å². The van der Waals surface area contributed by atoms with Crippen LogP contribution in [-0.4, -0.2) is 38.8 Å². The summed E-state index contributed by atoms with van der Waals surface area (Å²) in [4.78, 5) is 11.4. The lowest BCUT2D eigenvalue weighted by Gasteiger charge is -2.08. The van der Waals surface area contributed by atoms with Gasteiger partial charge in [-0.3, -0.25) is 4.79 Å². The maximum Gasteiger partial charge on any atom is 0.244 e. The second-order valence-electron chi connectivity index (χ2n) is 5.57. The summed E-state index contributed by atoms with van der Waals surface area (Å²) in [6.45, 7) is 4.64. The number of rotatable bonds is 8. The number of phenols is 1. The smallest absolute Gasteiger partial charge is 0.244 e. The Morgan fingerprint density at radius 2 is 2.04 bits per heavy atom. The first-order chi connectivity index (χ1) is 11.2. The Morgan fingerprint density at radius 3 is 2.62 bits per heavy atom. The van der Waals surface area contributed by atoms with E-state index in [-0.39, 0.29) is 5.75 Å². The van der Waals surface area contributed by atoms with Crippen molar-refractivity contribution in [2.45, 2.75) is 20.3 Å². The number of aromatic hydroxyl groups is 1. The monoisotopic (exact) mass is 353 g/mol. The summed E-state index contributed by atoms with van der Waals surface area (Å²) in [7, 11) is -3.31. The van der Waals surface area contributed by atoms with Gasteiger partial charge in [0.15, 0.2) is 21.3 Å².